The number of para-hydroxylation sites is 1. The fourth-order valence-electron chi connectivity index (χ4n) is 3.27. The van der Waals surface area contributed by atoms with E-state index in [1.807, 2.05) is 24.3 Å². The van der Waals surface area contributed by atoms with Crippen LogP contribution in [0.4, 0.5) is 17.6 Å². The lowest BCUT2D eigenvalue weighted by Gasteiger charge is -2.23. The summed E-state index contributed by atoms with van der Waals surface area (Å²) in [4.78, 5) is 15.6. The molecule has 2 heterocycles. The maximum absolute atomic E-state index is 5.30. The number of aromatic nitrogens is 3. The summed E-state index contributed by atoms with van der Waals surface area (Å²) in [6.45, 7) is 2.81. The van der Waals surface area contributed by atoms with Crippen molar-refractivity contribution in [2.45, 2.75) is 25.9 Å². The van der Waals surface area contributed by atoms with E-state index in [2.05, 4.69) is 62.4 Å². The van der Waals surface area contributed by atoms with Gasteiger partial charge in [0.25, 0.3) is 0 Å². The normalized spacial score (nSPS) is 15.6. The molecule has 1 aliphatic rings. The zero-order valence-electron chi connectivity index (χ0n) is 14.9. The van der Waals surface area contributed by atoms with E-state index in [1.165, 1.54) is 5.56 Å². The lowest BCUT2D eigenvalue weighted by molar-refractivity contribution is 0.379. The van der Waals surface area contributed by atoms with Crippen LogP contribution in [0.1, 0.15) is 18.1 Å². The SMILES string of the molecule is COc1nc(NCc2ccccc2)nc(N2c3ccccc3CC2C)n1. The van der Waals surface area contributed by atoms with E-state index >= 15 is 0 Å². The minimum atomic E-state index is 0.279. The summed E-state index contributed by atoms with van der Waals surface area (Å²) >= 11 is 0. The number of anilines is 3. The Hall–Kier alpha value is -3.15. The molecule has 3 aromatic rings. The summed E-state index contributed by atoms with van der Waals surface area (Å²) in [5, 5.41) is 3.27. The van der Waals surface area contributed by atoms with E-state index in [1.54, 1.807) is 7.11 Å². The highest BCUT2D eigenvalue weighted by Gasteiger charge is 2.29. The molecule has 0 amide bonds. The molecule has 132 valence electrons. The van der Waals surface area contributed by atoms with Crippen molar-refractivity contribution in [2.24, 2.45) is 0 Å². The van der Waals surface area contributed by atoms with Crippen LogP contribution in [0, 0.1) is 0 Å². The molecule has 1 aromatic heterocycles. The number of benzene rings is 2. The lowest BCUT2D eigenvalue weighted by atomic mass is 10.1. The van der Waals surface area contributed by atoms with Gasteiger partial charge in [0.05, 0.1) is 7.11 Å². The van der Waals surface area contributed by atoms with E-state index in [-0.39, 0.29) is 6.04 Å². The third-order valence-corrected chi connectivity index (χ3v) is 4.50. The summed E-state index contributed by atoms with van der Waals surface area (Å²) in [7, 11) is 1.57. The van der Waals surface area contributed by atoms with Gasteiger partial charge in [0.15, 0.2) is 0 Å². The standard InChI is InChI=1S/C20H21N5O/c1-14-12-16-10-6-7-11-17(16)25(14)19-22-18(23-20(24-19)26-2)21-13-15-8-4-3-5-9-15/h3-11,14H,12-13H2,1-2H3,(H,21,22,23,24). The lowest BCUT2D eigenvalue weighted by Crippen LogP contribution is -2.26. The van der Waals surface area contributed by atoms with Crippen LogP contribution < -0.4 is 15.0 Å². The van der Waals surface area contributed by atoms with Crippen LogP contribution >= 0.6 is 0 Å². The van der Waals surface area contributed by atoms with Crippen LogP contribution in [0.25, 0.3) is 0 Å². The third-order valence-electron chi connectivity index (χ3n) is 4.50. The van der Waals surface area contributed by atoms with Crippen molar-refractivity contribution < 1.29 is 4.74 Å². The van der Waals surface area contributed by atoms with Gasteiger partial charge in [-0.15, -0.1) is 0 Å². The van der Waals surface area contributed by atoms with Gasteiger partial charge < -0.3 is 15.0 Å². The topological polar surface area (TPSA) is 63.2 Å². The van der Waals surface area contributed by atoms with Gasteiger partial charge in [-0.05, 0) is 30.5 Å². The molecule has 0 fully saturated rings. The molecule has 1 aliphatic heterocycles. The van der Waals surface area contributed by atoms with Crippen LogP contribution in [0.2, 0.25) is 0 Å². The van der Waals surface area contributed by atoms with Gasteiger partial charge in [-0.2, -0.15) is 15.0 Å². The van der Waals surface area contributed by atoms with Crippen molar-refractivity contribution in [2.75, 3.05) is 17.3 Å². The summed E-state index contributed by atoms with van der Waals surface area (Å²) in [5.74, 6) is 1.11. The molecule has 0 aliphatic carbocycles. The monoisotopic (exact) mass is 347 g/mol. The number of fused-ring (bicyclic) bond motifs is 1. The predicted molar refractivity (Wildman–Crippen MR) is 102 cm³/mol. The Labute approximate surface area is 152 Å². The van der Waals surface area contributed by atoms with Gasteiger partial charge in [0, 0.05) is 18.3 Å². The average molecular weight is 347 g/mol. The summed E-state index contributed by atoms with van der Waals surface area (Å²) < 4.78 is 5.30. The Balaban J connectivity index is 1.64. The summed E-state index contributed by atoms with van der Waals surface area (Å²) in [6, 6.07) is 19.1. The number of hydrogen-bond acceptors (Lipinski definition) is 6. The van der Waals surface area contributed by atoms with Crippen LogP contribution in [-0.2, 0) is 13.0 Å². The molecule has 0 saturated carbocycles. The second-order valence-electron chi connectivity index (χ2n) is 6.34. The minimum Gasteiger partial charge on any atom is -0.467 e. The number of rotatable bonds is 5. The van der Waals surface area contributed by atoms with Crippen molar-refractivity contribution in [3.63, 3.8) is 0 Å². The Morgan fingerprint density at radius 2 is 1.81 bits per heavy atom. The Morgan fingerprint density at radius 1 is 1.04 bits per heavy atom. The zero-order valence-corrected chi connectivity index (χ0v) is 14.9. The number of nitrogens with one attached hydrogen (secondary N) is 1. The molecule has 1 N–H and O–H groups in total. The fraction of sp³-hybridized carbons (Fsp3) is 0.250. The van der Waals surface area contributed by atoms with Crippen LogP contribution in [0.3, 0.4) is 0 Å². The maximum atomic E-state index is 5.30. The Morgan fingerprint density at radius 3 is 2.62 bits per heavy atom. The second kappa shape index (κ2) is 7.00. The molecule has 0 radical (unpaired) electrons. The highest BCUT2D eigenvalue weighted by Crippen LogP contribution is 2.36. The first-order valence-corrected chi connectivity index (χ1v) is 8.69. The first-order chi connectivity index (χ1) is 12.7. The quantitative estimate of drug-likeness (QED) is 0.761. The van der Waals surface area contributed by atoms with Crippen LogP contribution in [-0.4, -0.2) is 28.1 Å². The highest BCUT2D eigenvalue weighted by molar-refractivity contribution is 5.67. The van der Waals surface area contributed by atoms with Gasteiger partial charge >= 0.3 is 6.01 Å². The smallest absolute Gasteiger partial charge is 0.322 e. The molecule has 0 bridgehead atoms. The Kier molecular flexibility index (Phi) is 4.39. The van der Waals surface area contributed by atoms with E-state index in [4.69, 9.17) is 4.74 Å². The number of hydrogen-bond donors (Lipinski definition) is 1. The molecule has 26 heavy (non-hydrogen) atoms. The van der Waals surface area contributed by atoms with Crippen molar-refractivity contribution in [1.29, 1.82) is 0 Å². The van der Waals surface area contributed by atoms with E-state index in [9.17, 15) is 0 Å². The molecule has 2 aromatic carbocycles. The number of ether oxygens (including phenoxy) is 1. The molecular weight excluding hydrogens is 326 g/mol. The van der Waals surface area contributed by atoms with Crippen LogP contribution in [0.5, 0.6) is 6.01 Å². The van der Waals surface area contributed by atoms with Gasteiger partial charge in [-0.1, -0.05) is 48.5 Å². The molecule has 6 heteroatoms. The van der Waals surface area contributed by atoms with Crippen molar-refractivity contribution >= 4 is 17.6 Å². The Bertz CT molecular complexity index is 900. The molecule has 0 saturated heterocycles. The predicted octanol–water partition coefficient (Wildman–Crippen LogP) is 3.58. The second-order valence-corrected chi connectivity index (χ2v) is 6.34. The summed E-state index contributed by atoms with van der Waals surface area (Å²) in [6.07, 6.45) is 0.969. The van der Waals surface area contributed by atoms with Crippen LogP contribution in [0.15, 0.2) is 54.6 Å². The van der Waals surface area contributed by atoms with E-state index < -0.39 is 0 Å². The van der Waals surface area contributed by atoms with E-state index in [0.29, 0.717) is 24.5 Å². The first kappa shape index (κ1) is 16.3. The van der Waals surface area contributed by atoms with Gasteiger partial charge in [0.1, 0.15) is 0 Å². The summed E-state index contributed by atoms with van der Waals surface area (Å²) in [5.41, 5.74) is 3.61. The van der Waals surface area contributed by atoms with Crippen molar-refractivity contribution in [3.05, 3.63) is 65.7 Å². The molecule has 4 rings (SSSR count). The first-order valence-electron chi connectivity index (χ1n) is 8.69. The highest BCUT2D eigenvalue weighted by atomic mass is 16.5. The molecule has 0 spiro atoms. The molecule has 1 atom stereocenters. The third kappa shape index (κ3) is 3.18. The number of nitrogens with zero attached hydrogens (tertiary/aromatic N) is 4. The maximum Gasteiger partial charge on any atom is 0.322 e. The molecular formula is C20H21N5O. The number of methoxy groups -OCH3 is 1. The van der Waals surface area contributed by atoms with Gasteiger partial charge in [-0.3, -0.25) is 0 Å². The molecule has 6 nitrogen and oxygen atoms in total. The van der Waals surface area contributed by atoms with Crippen molar-refractivity contribution in [1.82, 2.24) is 15.0 Å². The van der Waals surface area contributed by atoms with E-state index in [0.717, 1.165) is 17.7 Å². The fourth-order valence-corrected chi connectivity index (χ4v) is 3.27. The van der Waals surface area contributed by atoms with Gasteiger partial charge in [0.2, 0.25) is 11.9 Å². The largest absolute Gasteiger partial charge is 0.467 e. The molecule has 1 unspecified atom stereocenters. The average Bonchev–Trinajstić information content (AvgIpc) is 3.02. The zero-order chi connectivity index (χ0) is 17.9. The van der Waals surface area contributed by atoms with Gasteiger partial charge in [-0.25, -0.2) is 0 Å². The van der Waals surface area contributed by atoms with Crippen molar-refractivity contribution in [3.8, 4) is 6.01 Å². The minimum absolute atomic E-state index is 0.279.